The lowest BCUT2D eigenvalue weighted by atomic mass is 9.95. The van der Waals surface area contributed by atoms with Crippen molar-refractivity contribution in [3.05, 3.63) is 24.3 Å². The highest BCUT2D eigenvalue weighted by Gasteiger charge is 2.21. The number of benzene rings is 1. The van der Waals surface area contributed by atoms with Gasteiger partial charge in [-0.15, -0.1) is 0 Å². The molecule has 6 heteroatoms. The SMILES string of the molecule is CC(=O)N[C@H](C)C(=O)Nc1ccc(NC(=O)C(C)(C)C)cc1. The van der Waals surface area contributed by atoms with Crippen molar-refractivity contribution in [2.45, 2.75) is 40.7 Å². The van der Waals surface area contributed by atoms with Crippen molar-refractivity contribution in [3.63, 3.8) is 0 Å². The van der Waals surface area contributed by atoms with Crippen molar-refractivity contribution in [3.8, 4) is 0 Å². The van der Waals surface area contributed by atoms with Gasteiger partial charge in [0.15, 0.2) is 0 Å². The molecule has 0 fully saturated rings. The zero-order chi connectivity index (χ0) is 16.9. The van der Waals surface area contributed by atoms with Crippen LogP contribution in [0.25, 0.3) is 0 Å². The molecule has 0 spiro atoms. The van der Waals surface area contributed by atoms with Gasteiger partial charge in [0.2, 0.25) is 17.7 Å². The Morgan fingerprint density at radius 2 is 1.41 bits per heavy atom. The molecular weight excluding hydrogens is 282 g/mol. The first kappa shape index (κ1) is 17.7. The Labute approximate surface area is 130 Å². The monoisotopic (exact) mass is 305 g/mol. The molecule has 1 rings (SSSR count). The number of anilines is 2. The number of carbonyl (C=O) groups excluding carboxylic acids is 3. The second-order valence-corrected chi connectivity index (χ2v) is 6.19. The highest BCUT2D eigenvalue weighted by Crippen LogP contribution is 2.19. The number of nitrogens with one attached hydrogen (secondary N) is 3. The lowest BCUT2D eigenvalue weighted by molar-refractivity contribution is -0.124. The first-order valence-electron chi connectivity index (χ1n) is 7.09. The highest BCUT2D eigenvalue weighted by molar-refractivity contribution is 5.97. The van der Waals surface area contributed by atoms with Crippen molar-refractivity contribution in [2.24, 2.45) is 5.41 Å². The van der Waals surface area contributed by atoms with E-state index in [0.717, 1.165) is 0 Å². The van der Waals surface area contributed by atoms with Gasteiger partial charge in [-0.3, -0.25) is 14.4 Å². The van der Waals surface area contributed by atoms with Crippen LogP contribution in [0, 0.1) is 5.41 Å². The molecular formula is C16H23N3O3. The van der Waals surface area contributed by atoms with Crippen LogP contribution in [0.3, 0.4) is 0 Å². The third-order valence-electron chi connectivity index (χ3n) is 2.90. The topological polar surface area (TPSA) is 87.3 Å². The molecule has 1 atom stereocenters. The fourth-order valence-corrected chi connectivity index (χ4v) is 1.58. The van der Waals surface area contributed by atoms with E-state index >= 15 is 0 Å². The molecule has 3 N–H and O–H groups in total. The van der Waals surface area contributed by atoms with Crippen LogP contribution in [0.1, 0.15) is 34.6 Å². The molecule has 3 amide bonds. The molecule has 6 nitrogen and oxygen atoms in total. The lowest BCUT2D eigenvalue weighted by Gasteiger charge is -2.18. The minimum atomic E-state index is -0.613. The van der Waals surface area contributed by atoms with Gasteiger partial charge >= 0.3 is 0 Å². The Morgan fingerprint density at radius 3 is 1.82 bits per heavy atom. The summed E-state index contributed by atoms with van der Waals surface area (Å²) in [5.41, 5.74) is 0.782. The van der Waals surface area contributed by atoms with E-state index in [1.54, 1.807) is 31.2 Å². The normalized spacial score (nSPS) is 12.2. The molecule has 0 aliphatic heterocycles. The summed E-state index contributed by atoms with van der Waals surface area (Å²) in [6.07, 6.45) is 0. The molecule has 0 aliphatic rings. The molecule has 0 aliphatic carbocycles. The van der Waals surface area contributed by atoms with Crippen molar-refractivity contribution < 1.29 is 14.4 Å². The summed E-state index contributed by atoms with van der Waals surface area (Å²) in [5.74, 6) is -0.645. The van der Waals surface area contributed by atoms with Crippen LogP contribution < -0.4 is 16.0 Å². The first-order valence-corrected chi connectivity index (χ1v) is 7.09. The van der Waals surface area contributed by atoms with Gasteiger partial charge in [-0.2, -0.15) is 0 Å². The maximum atomic E-state index is 11.9. The van der Waals surface area contributed by atoms with E-state index in [4.69, 9.17) is 0 Å². The van der Waals surface area contributed by atoms with Crippen LogP contribution in [-0.2, 0) is 14.4 Å². The summed E-state index contributed by atoms with van der Waals surface area (Å²) < 4.78 is 0. The molecule has 22 heavy (non-hydrogen) atoms. The standard InChI is InChI=1S/C16H23N3O3/c1-10(17-11(2)20)14(21)18-12-6-8-13(9-7-12)19-15(22)16(3,4)5/h6-10H,1-5H3,(H,17,20)(H,18,21)(H,19,22)/t10-/m1/s1. The number of rotatable bonds is 4. The molecule has 1 aromatic rings. The Hall–Kier alpha value is -2.37. The molecule has 0 saturated carbocycles. The third kappa shape index (κ3) is 5.55. The molecule has 120 valence electrons. The average molecular weight is 305 g/mol. The predicted molar refractivity (Wildman–Crippen MR) is 86.4 cm³/mol. The maximum absolute atomic E-state index is 11.9. The maximum Gasteiger partial charge on any atom is 0.246 e. The van der Waals surface area contributed by atoms with Gasteiger partial charge in [-0.25, -0.2) is 0 Å². The summed E-state index contributed by atoms with van der Waals surface area (Å²) in [5, 5.41) is 8.00. The Balaban J connectivity index is 2.64. The van der Waals surface area contributed by atoms with Gasteiger partial charge in [-0.05, 0) is 31.2 Å². The van der Waals surface area contributed by atoms with E-state index in [9.17, 15) is 14.4 Å². The molecule has 0 bridgehead atoms. The van der Waals surface area contributed by atoms with Gasteiger partial charge in [0.05, 0.1) is 0 Å². The highest BCUT2D eigenvalue weighted by atomic mass is 16.2. The van der Waals surface area contributed by atoms with Crippen LogP contribution in [0.5, 0.6) is 0 Å². The van der Waals surface area contributed by atoms with Crippen LogP contribution in [0.2, 0.25) is 0 Å². The Kier molecular flexibility index (Phi) is 5.68. The average Bonchev–Trinajstić information content (AvgIpc) is 2.39. The number of hydrogen-bond acceptors (Lipinski definition) is 3. The second-order valence-electron chi connectivity index (χ2n) is 6.19. The molecule has 0 aromatic heterocycles. The summed E-state index contributed by atoms with van der Waals surface area (Å²) in [4.78, 5) is 34.6. The van der Waals surface area contributed by atoms with Crippen molar-refractivity contribution in [2.75, 3.05) is 10.6 Å². The van der Waals surface area contributed by atoms with Crippen molar-refractivity contribution in [1.29, 1.82) is 0 Å². The molecule has 1 aromatic carbocycles. The fraction of sp³-hybridized carbons (Fsp3) is 0.438. The Bertz CT molecular complexity index is 559. The predicted octanol–water partition coefficient (Wildman–Crippen LogP) is 2.13. The largest absolute Gasteiger partial charge is 0.345 e. The van der Waals surface area contributed by atoms with E-state index in [-0.39, 0.29) is 17.7 Å². The molecule has 0 saturated heterocycles. The zero-order valence-electron chi connectivity index (χ0n) is 13.6. The minimum Gasteiger partial charge on any atom is -0.345 e. The van der Waals surface area contributed by atoms with E-state index in [0.29, 0.717) is 11.4 Å². The van der Waals surface area contributed by atoms with Gasteiger partial charge in [0.25, 0.3) is 0 Å². The van der Waals surface area contributed by atoms with E-state index < -0.39 is 11.5 Å². The van der Waals surface area contributed by atoms with Crippen LogP contribution >= 0.6 is 0 Å². The smallest absolute Gasteiger partial charge is 0.246 e. The fourth-order valence-electron chi connectivity index (χ4n) is 1.58. The van der Waals surface area contributed by atoms with Gasteiger partial charge in [-0.1, -0.05) is 20.8 Å². The minimum absolute atomic E-state index is 0.0800. The van der Waals surface area contributed by atoms with Crippen LogP contribution in [0.4, 0.5) is 11.4 Å². The second kappa shape index (κ2) is 7.06. The van der Waals surface area contributed by atoms with Crippen molar-refractivity contribution in [1.82, 2.24) is 5.32 Å². The first-order chi connectivity index (χ1) is 10.1. The van der Waals surface area contributed by atoms with Gasteiger partial charge in [0, 0.05) is 23.7 Å². The number of carbonyl (C=O) groups is 3. The molecule has 0 unspecified atom stereocenters. The zero-order valence-corrected chi connectivity index (χ0v) is 13.6. The third-order valence-corrected chi connectivity index (χ3v) is 2.90. The lowest BCUT2D eigenvalue weighted by Crippen LogP contribution is -2.40. The summed E-state index contributed by atoms with van der Waals surface area (Å²) in [6, 6.07) is 6.19. The van der Waals surface area contributed by atoms with Gasteiger partial charge < -0.3 is 16.0 Å². The summed E-state index contributed by atoms with van der Waals surface area (Å²) >= 11 is 0. The quantitative estimate of drug-likeness (QED) is 0.796. The van der Waals surface area contributed by atoms with Crippen LogP contribution in [0.15, 0.2) is 24.3 Å². The number of hydrogen-bond donors (Lipinski definition) is 3. The van der Waals surface area contributed by atoms with Gasteiger partial charge in [0.1, 0.15) is 6.04 Å². The molecule has 0 radical (unpaired) electrons. The molecule has 0 heterocycles. The van der Waals surface area contributed by atoms with Crippen molar-refractivity contribution >= 4 is 29.1 Å². The van der Waals surface area contributed by atoms with E-state index in [1.165, 1.54) is 6.92 Å². The van der Waals surface area contributed by atoms with E-state index in [2.05, 4.69) is 16.0 Å². The summed E-state index contributed by atoms with van der Waals surface area (Å²) in [6.45, 7) is 8.46. The number of amides is 3. The van der Waals surface area contributed by atoms with E-state index in [1.807, 2.05) is 20.8 Å². The van der Waals surface area contributed by atoms with Crippen LogP contribution in [-0.4, -0.2) is 23.8 Å². The summed E-state index contributed by atoms with van der Waals surface area (Å²) in [7, 11) is 0. The Morgan fingerprint density at radius 1 is 0.955 bits per heavy atom.